The maximum absolute atomic E-state index is 6.16. The third-order valence-corrected chi connectivity index (χ3v) is 3.45. The molecule has 22 heavy (non-hydrogen) atoms. The highest BCUT2D eigenvalue weighted by Gasteiger charge is 2.06. The van der Waals surface area contributed by atoms with Crippen molar-refractivity contribution >= 4 is 40.7 Å². The van der Waals surface area contributed by atoms with Gasteiger partial charge in [0, 0.05) is 29.9 Å². The average molecular weight is 340 g/mol. The molecule has 2 aromatic rings. The summed E-state index contributed by atoms with van der Waals surface area (Å²) in [6.45, 7) is 3.59. The highest BCUT2D eigenvalue weighted by Crippen LogP contribution is 2.28. The molecular formula is C15H19Cl2N5. The predicted octanol–water partition coefficient (Wildman–Crippen LogP) is 3.81. The molecule has 2 rings (SSSR count). The molecule has 1 heterocycles. The quantitative estimate of drug-likeness (QED) is 0.838. The zero-order valence-corrected chi connectivity index (χ0v) is 14.3. The molecule has 2 N–H and O–H groups in total. The van der Waals surface area contributed by atoms with Crippen LogP contribution in [0.4, 0.5) is 17.5 Å². The largest absolute Gasteiger partial charge is 0.353 e. The van der Waals surface area contributed by atoms with Gasteiger partial charge in [-0.15, -0.1) is 0 Å². The second-order valence-electron chi connectivity index (χ2n) is 5.20. The van der Waals surface area contributed by atoms with Crippen molar-refractivity contribution in [3.8, 4) is 0 Å². The van der Waals surface area contributed by atoms with Gasteiger partial charge in [0.25, 0.3) is 0 Å². The molecule has 0 atom stereocenters. The van der Waals surface area contributed by atoms with E-state index in [1.807, 2.05) is 27.1 Å². The predicted molar refractivity (Wildman–Crippen MR) is 93.6 cm³/mol. The monoisotopic (exact) mass is 339 g/mol. The Hall–Kier alpha value is -1.56. The van der Waals surface area contributed by atoms with Crippen molar-refractivity contribution in [1.29, 1.82) is 0 Å². The van der Waals surface area contributed by atoms with Gasteiger partial charge in [-0.1, -0.05) is 23.2 Å². The summed E-state index contributed by atoms with van der Waals surface area (Å²) in [7, 11) is 4.04. The Labute approximate surface area is 140 Å². The Bertz CT molecular complexity index is 646. The van der Waals surface area contributed by atoms with Crippen molar-refractivity contribution in [3.63, 3.8) is 0 Å². The Balaban J connectivity index is 2.13. The van der Waals surface area contributed by atoms with Crippen molar-refractivity contribution in [1.82, 2.24) is 14.9 Å². The van der Waals surface area contributed by atoms with Crippen LogP contribution in [0.15, 0.2) is 24.3 Å². The van der Waals surface area contributed by atoms with Gasteiger partial charge in [-0.3, -0.25) is 0 Å². The number of benzene rings is 1. The van der Waals surface area contributed by atoms with Crippen LogP contribution in [0.1, 0.15) is 5.69 Å². The molecule has 0 amide bonds. The van der Waals surface area contributed by atoms with Gasteiger partial charge >= 0.3 is 0 Å². The summed E-state index contributed by atoms with van der Waals surface area (Å²) in [6.07, 6.45) is 0. The topological polar surface area (TPSA) is 53.1 Å². The summed E-state index contributed by atoms with van der Waals surface area (Å²) in [4.78, 5) is 10.9. The fourth-order valence-corrected chi connectivity index (χ4v) is 2.17. The van der Waals surface area contributed by atoms with E-state index < -0.39 is 0 Å². The lowest BCUT2D eigenvalue weighted by atomic mass is 10.3. The molecule has 0 radical (unpaired) electrons. The highest BCUT2D eigenvalue weighted by atomic mass is 35.5. The van der Waals surface area contributed by atoms with Crippen LogP contribution in [0.2, 0.25) is 10.0 Å². The first-order valence-electron chi connectivity index (χ1n) is 6.90. The summed E-state index contributed by atoms with van der Waals surface area (Å²) in [5.41, 5.74) is 1.58. The van der Waals surface area contributed by atoms with E-state index >= 15 is 0 Å². The normalized spacial score (nSPS) is 10.8. The van der Waals surface area contributed by atoms with E-state index in [4.69, 9.17) is 23.2 Å². The van der Waals surface area contributed by atoms with Crippen LogP contribution in [-0.2, 0) is 0 Å². The van der Waals surface area contributed by atoms with Crippen LogP contribution in [-0.4, -0.2) is 42.1 Å². The van der Waals surface area contributed by atoms with Gasteiger partial charge in [-0.05, 0) is 39.2 Å². The smallest absolute Gasteiger partial charge is 0.224 e. The van der Waals surface area contributed by atoms with Crippen molar-refractivity contribution < 1.29 is 0 Å². The van der Waals surface area contributed by atoms with E-state index in [-0.39, 0.29) is 0 Å². The minimum Gasteiger partial charge on any atom is -0.353 e. The molecule has 0 aliphatic rings. The number of hydrogen-bond acceptors (Lipinski definition) is 5. The molecule has 1 aromatic heterocycles. The molecule has 0 saturated carbocycles. The van der Waals surface area contributed by atoms with Crippen LogP contribution in [0.5, 0.6) is 0 Å². The molecule has 0 bridgehead atoms. The Morgan fingerprint density at radius 1 is 1.14 bits per heavy atom. The molecule has 0 unspecified atom stereocenters. The number of likely N-dealkylation sites (N-methyl/N-ethyl adjacent to an activating group) is 1. The fraction of sp³-hybridized carbons (Fsp3) is 0.333. The summed E-state index contributed by atoms with van der Waals surface area (Å²) >= 11 is 12.2. The maximum atomic E-state index is 6.16. The van der Waals surface area contributed by atoms with E-state index in [2.05, 4.69) is 25.5 Å². The highest BCUT2D eigenvalue weighted by molar-refractivity contribution is 6.35. The molecule has 5 nitrogen and oxygen atoms in total. The first kappa shape index (κ1) is 16.8. The van der Waals surface area contributed by atoms with Gasteiger partial charge in [0.1, 0.15) is 5.82 Å². The molecule has 1 aromatic carbocycles. The molecule has 0 fully saturated rings. The molecule has 0 saturated heterocycles. The van der Waals surface area contributed by atoms with E-state index in [9.17, 15) is 0 Å². The summed E-state index contributed by atoms with van der Waals surface area (Å²) in [5.74, 6) is 1.26. The Morgan fingerprint density at radius 2 is 1.91 bits per heavy atom. The molecular weight excluding hydrogens is 321 g/mol. The number of anilines is 3. The van der Waals surface area contributed by atoms with Crippen molar-refractivity contribution in [3.05, 3.63) is 40.0 Å². The van der Waals surface area contributed by atoms with E-state index in [1.54, 1.807) is 18.2 Å². The number of aromatic nitrogens is 2. The second kappa shape index (κ2) is 7.63. The average Bonchev–Trinajstić information content (AvgIpc) is 2.42. The molecule has 7 heteroatoms. The number of nitrogens with one attached hydrogen (secondary N) is 2. The van der Waals surface area contributed by atoms with Gasteiger partial charge < -0.3 is 15.5 Å². The standard InChI is InChI=1S/C15H19Cl2N5/c1-10-8-14(20-13-9-11(16)4-5-12(13)17)21-15(19-10)18-6-7-22(2)3/h4-5,8-9H,6-7H2,1-3H3,(H2,18,19,20,21). The van der Waals surface area contributed by atoms with Crippen LogP contribution in [0.25, 0.3) is 0 Å². The number of aryl methyl sites for hydroxylation is 1. The zero-order chi connectivity index (χ0) is 16.1. The summed E-state index contributed by atoms with van der Waals surface area (Å²) in [5, 5.41) is 7.58. The lowest BCUT2D eigenvalue weighted by Crippen LogP contribution is -2.21. The van der Waals surface area contributed by atoms with Crippen LogP contribution in [0.3, 0.4) is 0 Å². The number of rotatable bonds is 6. The molecule has 0 aliphatic carbocycles. The third kappa shape index (κ3) is 5.02. The third-order valence-electron chi connectivity index (χ3n) is 2.89. The number of hydrogen-bond donors (Lipinski definition) is 2. The van der Waals surface area contributed by atoms with E-state index in [0.717, 1.165) is 18.8 Å². The molecule has 0 spiro atoms. The van der Waals surface area contributed by atoms with Gasteiger partial charge in [0.05, 0.1) is 10.7 Å². The number of halogens is 2. The maximum Gasteiger partial charge on any atom is 0.224 e. The van der Waals surface area contributed by atoms with Gasteiger partial charge in [0.2, 0.25) is 5.95 Å². The van der Waals surface area contributed by atoms with Gasteiger partial charge in [-0.25, -0.2) is 4.98 Å². The summed E-state index contributed by atoms with van der Waals surface area (Å²) in [6, 6.07) is 7.11. The first-order chi connectivity index (χ1) is 10.4. The van der Waals surface area contributed by atoms with E-state index in [1.165, 1.54) is 0 Å². The van der Waals surface area contributed by atoms with Crippen molar-refractivity contribution in [2.24, 2.45) is 0 Å². The lowest BCUT2D eigenvalue weighted by molar-refractivity contribution is 0.425. The molecule has 118 valence electrons. The molecule has 0 aliphatic heterocycles. The minimum absolute atomic E-state index is 0.586. The zero-order valence-electron chi connectivity index (χ0n) is 12.8. The minimum atomic E-state index is 0.586. The fourth-order valence-electron chi connectivity index (χ4n) is 1.83. The van der Waals surface area contributed by atoms with E-state index in [0.29, 0.717) is 27.5 Å². The Morgan fingerprint density at radius 3 is 2.64 bits per heavy atom. The van der Waals surface area contributed by atoms with Gasteiger partial charge in [0.15, 0.2) is 0 Å². The lowest BCUT2D eigenvalue weighted by Gasteiger charge is -2.13. The van der Waals surface area contributed by atoms with Gasteiger partial charge in [-0.2, -0.15) is 4.98 Å². The van der Waals surface area contributed by atoms with Crippen molar-refractivity contribution in [2.45, 2.75) is 6.92 Å². The van der Waals surface area contributed by atoms with Crippen LogP contribution < -0.4 is 10.6 Å². The first-order valence-corrected chi connectivity index (χ1v) is 7.66. The second-order valence-corrected chi connectivity index (χ2v) is 6.04. The van der Waals surface area contributed by atoms with Crippen LogP contribution in [0, 0.1) is 6.92 Å². The summed E-state index contributed by atoms with van der Waals surface area (Å²) < 4.78 is 0. The van der Waals surface area contributed by atoms with Crippen molar-refractivity contribution in [2.75, 3.05) is 37.8 Å². The number of nitrogens with zero attached hydrogens (tertiary/aromatic N) is 3. The SMILES string of the molecule is Cc1cc(Nc2cc(Cl)ccc2Cl)nc(NCCN(C)C)n1. The Kier molecular flexibility index (Phi) is 5.83. The van der Waals surface area contributed by atoms with Crippen LogP contribution >= 0.6 is 23.2 Å².